The largest absolute Gasteiger partial charge is 0.334 e. The lowest BCUT2D eigenvalue weighted by Crippen LogP contribution is -2.28. The summed E-state index contributed by atoms with van der Waals surface area (Å²) in [7, 11) is 1.88. The van der Waals surface area contributed by atoms with Crippen molar-refractivity contribution in [2.24, 2.45) is 7.05 Å². The van der Waals surface area contributed by atoms with Crippen molar-refractivity contribution in [3.8, 4) is 0 Å². The van der Waals surface area contributed by atoms with Crippen molar-refractivity contribution in [3.63, 3.8) is 0 Å². The highest BCUT2D eigenvalue weighted by atomic mass is 32.1. The first-order valence-corrected chi connectivity index (χ1v) is 8.39. The Hall–Kier alpha value is -1.96. The fraction of sp³-hybridized carbons (Fsp3) is 0.600. The number of aryl methyl sites for hydroxylation is 1. The van der Waals surface area contributed by atoms with E-state index in [1.807, 2.05) is 13.2 Å². The molecule has 2 N–H and O–H groups in total. The molecule has 2 aromatic rings. The maximum Gasteiger partial charge on any atom is 0.321 e. The molecule has 126 valence electrons. The van der Waals surface area contributed by atoms with Crippen LogP contribution in [0.3, 0.4) is 0 Å². The third-order valence-corrected chi connectivity index (χ3v) is 4.47. The second kappa shape index (κ2) is 6.66. The maximum absolute atomic E-state index is 12.0. The molecule has 0 spiro atoms. The van der Waals surface area contributed by atoms with Gasteiger partial charge >= 0.3 is 6.03 Å². The molecule has 0 radical (unpaired) electrons. The van der Waals surface area contributed by atoms with Crippen molar-refractivity contribution in [1.29, 1.82) is 0 Å². The van der Waals surface area contributed by atoms with Gasteiger partial charge in [-0.3, -0.25) is 10.00 Å². The Labute approximate surface area is 140 Å². The van der Waals surface area contributed by atoms with Gasteiger partial charge in [0.25, 0.3) is 0 Å². The van der Waals surface area contributed by atoms with Crippen LogP contribution in [0.4, 0.5) is 9.93 Å². The minimum Gasteiger partial charge on any atom is -0.334 e. The second-order valence-electron chi connectivity index (χ2n) is 6.84. The average molecular weight is 336 g/mol. The molecule has 0 atom stereocenters. The van der Waals surface area contributed by atoms with Crippen LogP contribution in [0.25, 0.3) is 0 Å². The van der Waals surface area contributed by atoms with Crippen molar-refractivity contribution < 1.29 is 4.79 Å². The Bertz CT molecular complexity index is 682. The number of urea groups is 1. The van der Waals surface area contributed by atoms with E-state index < -0.39 is 0 Å². The van der Waals surface area contributed by atoms with Gasteiger partial charge in [0.05, 0.1) is 5.69 Å². The Balaban J connectivity index is 1.94. The number of carbonyl (C=O) groups is 1. The molecule has 0 saturated carbocycles. The Morgan fingerprint density at radius 2 is 2.04 bits per heavy atom. The summed E-state index contributed by atoms with van der Waals surface area (Å²) in [5, 5.41) is 19.5. The molecule has 0 saturated heterocycles. The fourth-order valence-corrected chi connectivity index (χ4v) is 2.87. The molecule has 7 nitrogen and oxygen atoms in total. The molecule has 0 aliphatic carbocycles. The predicted molar refractivity (Wildman–Crippen MR) is 91.8 cm³/mol. The van der Waals surface area contributed by atoms with E-state index in [2.05, 4.69) is 60.5 Å². The Kier molecular flexibility index (Phi) is 5.03. The monoisotopic (exact) mass is 336 g/mol. The minimum absolute atomic E-state index is 0.0735. The molecule has 2 rings (SSSR count). The molecule has 0 fully saturated rings. The van der Waals surface area contributed by atoms with E-state index in [1.165, 1.54) is 11.3 Å². The van der Waals surface area contributed by atoms with Gasteiger partial charge in [0.1, 0.15) is 5.01 Å². The lowest BCUT2D eigenvalue weighted by Gasteiger charge is -2.12. The molecule has 0 unspecified atom stereocenters. The van der Waals surface area contributed by atoms with Gasteiger partial charge in [-0.25, -0.2) is 4.79 Å². The van der Waals surface area contributed by atoms with E-state index in [0.717, 1.165) is 16.3 Å². The lowest BCUT2D eigenvalue weighted by atomic mass is 9.98. The van der Waals surface area contributed by atoms with E-state index in [0.29, 0.717) is 17.6 Å². The van der Waals surface area contributed by atoms with Crippen LogP contribution in [0.5, 0.6) is 0 Å². The molecule has 2 amide bonds. The summed E-state index contributed by atoms with van der Waals surface area (Å²) >= 11 is 1.39. The third-order valence-electron chi connectivity index (χ3n) is 3.21. The van der Waals surface area contributed by atoms with Gasteiger partial charge in [0.15, 0.2) is 0 Å². The van der Waals surface area contributed by atoms with Gasteiger partial charge < -0.3 is 5.32 Å². The van der Waals surface area contributed by atoms with E-state index in [1.54, 1.807) is 4.68 Å². The lowest BCUT2D eigenvalue weighted by molar-refractivity contribution is 0.251. The average Bonchev–Trinajstić information content (AvgIpc) is 3.02. The van der Waals surface area contributed by atoms with Crippen LogP contribution in [0.15, 0.2) is 6.20 Å². The van der Waals surface area contributed by atoms with Crippen molar-refractivity contribution in [3.05, 3.63) is 22.5 Å². The number of aromatic nitrogens is 4. The number of hydrogen-bond donors (Lipinski definition) is 2. The molecular formula is C15H24N6OS. The van der Waals surface area contributed by atoms with Crippen molar-refractivity contribution in [1.82, 2.24) is 25.3 Å². The Morgan fingerprint density at radius 3 is 2.61 bits per heavy atom. The number of nitrogens with zero attached hydrogens (tertiary/aromatic N) is 4. The first kappa shape index (κ1) is 17.4. The zero-order valence-electron chi connectivity index (χ0n) is 14.5. The summed E-state index contributed by atoms with van der Waals surface area (Å²) in [5.41, 5.74) is 1.94. The standard InChI is InChI=1S/C15H24N6OS/c1-9(2)11-10(8-21(6)20-11)7-16-13(22)17-14-19-18-12(23-14)15(3,4)5/h8-9H,7H2,1-6H3,(H2,16,17,19,22). The first-order chi connectivity index (χ1) is 10.7. The SMILES string of the molecule is CC(C)c1nn(C)cc1CNC(=O)Nc1nnc(C(C)(C)C)s1. The summed E-state index contributed by atoms with van der Waals surface area (Å²) in [6, 6.07) is -0.292. The van der Waals surface area contributed by atoms with Crippen LogP contribution in [-0.2, 0) is 19.0 Å². The van der Waals surface area contributed by atoms with Crippen molar-refractivity contribution >= 4 is 22.5 Å². The van der Waals surface area contributed by atoms with E-state index in [4.69, 9.17) is 0 Å². The molecular weight excluding hydrogens is 312 g/mol. The van der Waals surface area contributed by atoms with Crippen molar-refractivity contribution in [2.45, 2.75) is 52.5 Å². The van der Waals surface area contributed by atoms with Gasteiger partial charge in [-0.2, -0.15) is 5.10 Å². The van der Waals surface area contributed by atoms with Crippen LogP contribution in [0, 0.1) is 0 Å². The number of amides is 2. The van der Waals surface area contributed by atoms with Crippen LogP contribution in [0.1, 0.15) is 56.8 Å². The van der Waals surface area contributed by atoms with Gasteiger partial charge in [-0.05, 0) is 5.92 Å². The second-order valence-corrected chi connectivity index (χ2v) is 7.82. The van der Waals surface area contributed by atoms with E-state index in [-0.39, 0.29) is 11.4 Å². The molecule has 0 aliphatic rings. The molecule has 2 heterocycles. The van der Waals surface area contributed by atoms with Gasteiger partial charge in [-0.1, -0.05) is 46.0 Å². The highest BCUT2D eigenvalue weighted by Gasteiger charge is 2.20. The first-order valence-electron chi connectivity index (χ1n) is 7.58. The van der Waals surface area contributed by atoms with Crippen LogP contribution >= 0.6 is 11.3 Å². The van der Waals surface area contributed by atoms with Crippen LogP contribution in [-0.4, -0.2) is 26.0 Å². The molecule has 2 aromatic heterocycles. The number of hydrogen-bond acceptors (Lipinski definition) is 5. The van der Waals surface area contributed by atoms with Gasteiger partial charge in [0, 0.05) is 30.8 Å². The number of carbonyl (C=O) groups excluding carboxylic acids is 1. The van der Waals surface area contributed by atoms with E-state index in [9.17, 15) is 4.79 Å². The van der Waals surface area contributed by atoms with Crippen LogP contribution in [0.2, 0.25) is 0 Å². The molecule has 0 bridgehead atoms. The maximum atomic E-state index is 12.0. The molecule has 23 heavy (non-hydrogen) atoms. The predicted octanol–water partition coefficient (Wildman–Crippen LogP) is 3.01. The minimum atomic E-state index is -0.292. The normalized spacial score (nSPS) is 11.8. The summed E-state index contributed by atoms with van der Waals surface area (Å²) in [6.07, 6.45) is 1.93. The van der Waals surface area contributed by atoms with E-state index >= 15 is 0 Å². The Morgan fingerprint density at radius 1 is 1.35 bits per heavy atom. The van der Waals surface area contributed by atoms with Crippen LogP contribution < -0.4 is 10.6 Å². The van der Waals surface area contributed by atoms with Crippen molar-refractivity contribution in [2.75, 3.05) is 5.32 Å². The summed E-state index contributed by atoms with van der Waals surface area (Å²) in [4.78, 5) is 12.0. The highest BCUT2D eigenvalue weighted by molar-refractivity contribution is 7.15. The summed E-state index contributed by atoms with van der Waals surface area (Å²) in [6.45, 7) is 10.8. The number of nitrogens with one attached hydrogen (secondary N) is 2. The fourth-order valence-electron chi connectivity index (χ4n) is 2.07. The summed E-state index contributed by atoms with van der Waals surface area (Å²) in [5.74, 6) is 0.313. The van der Waals surface area contributed by atoms with Gasteiger partial charge in [-0.15, -0.1) is 10.2 Å². The zero-order chi connectivity index (χ0) is 17.2. The highest BCUT2D eigenvalue weighted by Crippen LogP contribution is 2.27. The number of anilines is 1. The summed E-state index contributed by atoms with van der Waals surface area (Å²) < 4.78 is 1.77. The number of rotatable bonds is 4. The topological polar surface area (TPSA) is 84.7 Å². The molecule has 0 aliphatic heterocycles. The van der Waals surface area contributed by atoms with Gasteiger partial charge in [0.2, 0.25) is 5.13 Å². The molecule has 0 aromatic carbocycles. The molecule has 8 heteroatoms. The zero-order valence-corrected chi connectivity index (χ0v) is 15.3. The third kappa shape index (κ3) is 4.51. The smallest absolute Gasteiger partial charge is 0.321 e. The quantitative estimate of drug-likeness (QED) is 0.899.